The lowest BCUT2D eigenvalue weighted by Crippen LogP contribution is -2.04. The van der Waals surface area contributed by atoms with E-state index < -0.39 is 5.97 Å². The van der Waals surface area contributed by atoms with Crippen LogP contribution in [0, 0.1) is 12.3 Å². The van der Waals surface area contributed by atoms with Crippen LogP contribution in [0.3, 0.4) is 0 Å². The van der Waals surface area contributed by atoms with Crippen LogP contribution in [-0.2, 0) is 11.2 Å². The van der Waals surface area contributed by atoms with Gasteiger partial charge in [-0.3, -0.25) is 0 Å². The van der Waals surface area contributed by atoms with E-state index in [9.17, 15) is 4.79 Å². The number of ether oxygens (including phenoxy) is 1. The highest BCUT2D eigenvalue weighted by Crippen LogP contribution is 2.05. The van der Waals surface area contributed by atoms with Gasteiger partial charge >= 0.3 is 5.97 Å². The molecular formula is C12H13NO2. The second-order valence-electron chi connectivity index (χ2n) is 3.10. The van der Waals surface area contributed by atoms with Crippen LogP contribution < -0.4 is 0 Å². The van der Waals surface area contributed by atoms with Gasteiger partial charge in [-0.25, -0.2) is 9.78 Å². The van der Waals surface area contributed by atoms with Crippen molar-refractivity contribution < 1.29 is 9.53 Å². The SMILES string of the molecule is C#CCCCc1ccc(C(=O)OC)nc1. The summed E-state index contributed by atoms with van der Waals surface area (Å²) in [5, 5.41) is 0. The van der Waals surface area contributed by atoms with Gasteiger partial charge in [0.05, 0.1) is 7.11 Å². The largest absolute Gasteiger partial charge is 0.464 e. The van der Waals surface area contributed by atoms with Crippen molar-refractivity contribution in [3.05, 3.63) is 29.6 Å². The van der Waals surface area contributed by atoms with Crippen molar-refractivity contribution in [1.82, 2.24) is 4.98 Å². The number of esters is 1. The number of pyridine rings is 1. The number of nitrogens with zero attached hydrogens (tertiary/aromatic N) is 1. The molecule has 0 bridgehead atoms. The van der Waals surface area contributed by atoms with Crippen molar-refractivity contribution >= 4 is 5.97 Å². The maximum absolute atomic E-state index is 11.1. The molecule has 0 saturated heterocycles. The average molecular weight is 203 g/mol. The zero-order valence-electron chi connectivity index (χ0n) is 8.69. The molecule has 0 spiro atoms. The minimum absolute atomic E-state index is 0.332. The first-order valence-corrected chi connectivity index (χ1v) is 4.74. The number of carbonyl (C=O) groups is 1. The first-order valence-electron chi connectivity index (χ1n) is 4.74. The van der Waals surface area contributed by atoms with Gasteiger partial charge < -0.3 is 4.74 Å². The highest BCUT2D eigenvalue weighted by atomic mass is 16.5. The monoisotopic (exact) mass is 203 g/mol. The van der Waals surface area contributed by atoms with Gasteiger partial charge in [0.25, 0.3) is 0 Å². The average Bonchev–Trinajstić information content (AvgIpc) is 2.29. The molecule has 1 heterocycles. The van der Waals surface area contributed by atoms with Crippen molar-refractivity contribution in [1.29, 1.82) is 0 Å². The van der Waals surface area contributed by atoms with E-state index in [2.05, 4.69) is 15.6 Å². The normalized spacial score (nSPS) is 9.33. The van der Waals surface area contributed by atoms with E-state index in [0.29, 0.717) is 5.69 Å². The molecule has 1 aromatic heterocycles. The maximum Gasteiger partial charge on any atom is 0.356 e. The minimum Gasteiger partial charge on any atom is -0.464 e. The van der Waals surface area contributed by atoms with Gasteiger partial charge in [-0.2, -0.15) is 0 Å². The van der Waals surface area contributed by atoms with Crippen LogP contribution in [0.1, 0.15) is 28.9 Å². The molecule has 0 atom stereocenters. The third-order valence-corrected chi connectivity index (χ3v) is 2.01. The van der Waals surface area contributed by atoms with Gasteiger partial charge in [0.2, 0.25) is 0 Å². The molecule has 15 heavy (non-hydrogen) atoms. The Kier molecular flexibility index (Phi) is 4.36. The number of aromatic nitrogens is 1. The fraction of sp³-hybridized carbons (Fsp3) is 0.333. The van der Waals surface area contributed by atoms with Crippen molar-refractivity contribution in [2.45, 2.75) is 19.3 Å². The molecule has 3 nitrogen and oxygen atoms in total. The Labute approximate surface area is 89.5 Å². The topological polar surface area (TPSA) is 39.2 Å². The van der Waals surface area contributed by atoms with Crippen molar-refractivity contribution in [2.24, 2.45) is 0 Å². The molecule has 0 aliphatic carbocycles. The van der Waals surface area contributed by atoms with E-state index in [-0.39, 0.29) is 0 Å². The number of rotatable bonds is 4. The Morgan fingerprint density at radius 3 is 2.93 bits per heavy atom. The Bertz CT molecular complexity index is 362. The standard InChI is InChI=1S/C12H13NO2/c1-3-4-5-6-10-7-8-11(13-9-10)12(14)15-2/h1,7-9H,4-6H2,2H3. The number of unbranched alkanes of at least 4 members (excludes halogenated alkanes) is 1. The van der Waals surface area contributed by atoms with Crippen LogP contribution in [-0.4, -0.2) is 18.1 Å². The van der Waals surface area contributed by atoms with E-state index in [1.54, 1.807) is 12.3 Å². The molecule has 0 aliphatic rings. The van der Waals surface area contributed by atoms with E-state index >= 15 is 0 Å². The molecule has 0 amide bonds. The number of hydrogen-bond acceptors (Lipinski definition) is 3. The third-order valence-electron chi connectivity index (χ3n) is 2.01. The molecule has 0 radical (unpaired) electrons. The quantitative estimate of drug-likeness (QED) is 0.425. The van der Waals surface area contributed by atoms with Crippen molar-refractivity contribution in [2.75, 3.05) is 7.11 Å². The summed E-state index contributed by atoms with van der Waals surface area (Å²) >= 11 is 0. The lowest BCUT2D eigenvalue weighted by atomic mass is 10.1. The molecule has 3 heteroatoms. The van der Waals surface area contributed by atoms with Gasteiger partial charge in [-0.1, -0.05) is 6.07 Å². The molecule has 78 valence electrons. The summed E-state index contributed by atoms with van der Waals surface area (Å²) in [6.45, 7) is 0. The fourth-order valence-electron chi connectivity index (χ4n) is 1.19. The summed E-state index contributed by atoms with van der Waals surface area (Å²) in [7, 11) is 1.34. The smallest absolute Gasteiger partial charge is 0.356 e. The Morgan fingerprint density at radius 1 is 1.60 bits per heavy atom. The third kappa shape index (κ3) is 3.43. The summed E-state index contributed by atoms with van der Waals surface area (Å²) in [6.07, 6.45) is 9.42. The predicted octanol–water partition coefficient (Wildman–Crippen LogP) is 1.82. The minimum atomic E-state index is -0.412. The highest BCUT2D eigenvalue weighted by molar-refractivity contribution is 5.86. The molecule has 0 unspecified atom stereocenters. The predicted molar refractivity (Wildman–Crippen MR) is 57.3 cm³/mol. The molecule has 0 saturated carbocycles. The number of hydrogen-bond donors (Lipinski definition) is 0. The van der Waals surface area contributed by atoms with Gasteiger partial charge in [-0.15, -0.1) is 12.3 Å². The summed E-state index contributed by atoms with van der Waals surface area (Å²) in [5.41, 5.74) is 1.41. The van der Waals surface area contributed by atoms with Crippen molar-refractivity contribution in [3.63, 3.8) is 0 Å². The van der Waals surface area contributed by atoms with Crippen LogP contribution in [0.4, 0.5) is 0 Å². The van der Waals surface area contributed by atoms with E-state index in [1.807, 2.05) is 6.07 Å². The number of carbonyl (C=O) groups excluding carboxylic acids is 1. The summed E-state index contributed by atoms with van der Waals surface area (Å²) in [6, 6.07) is 3.53. The maximum atomic E-state index is 11.1. The summed E-state index contributed by atoms with van der Waals surface area (Å²) < 4.78 is 4.55. The summed E-state index contributed by atoms with van der Waals surface area (Å²) in [5.74, 6) is 2.17. The van der Waals surface area contributed by atoms with Crippen LogP contribution in [0.25, 0.3) is 0 Å². The number of terminal acetylenes is 1. The van der Waals surface area contributed by atoms with Crippen LogP contribution in [0.5, 0.6) is 0 Å². The Morgan fingerprint density at radius 2 is 2.40 bits per heavy atom. The lowest BCUT2D eigenvalue weighted by Gasteiger charge is -2.00. The number of methoxy groups -OCH3 is 1. The number of aryl methyl sites for hydroxylation is 1. The molecule has 0 fully saturated rings. The van der Waals surface area contributed by atoms with Crippen LogP contribution in [0.15, 0.2) is 18.3 Å². The first kappa shape index (κ1) is 11.3. The van der Waals surface area contributed by atoms with Gasteiger partial charge in [0.1, 0.15) is 5.69 Å². The fourth-order valence-corrected chi connectivity index (χ4v) is 1.19. The zero-order valence-corrected chi connectivity index (χ0v) is 8.69. The van der Waals surface area contributed by atoms with Gasteiger partial charge in [0.15, 0.2) is 0 Å². The highest BCUT2D eigenvalue weighted by Gasteiger charge is 2.05. The van der Waals surface area contributed by atoms with Crippen LogP contribution in [0.2, 0.25) is 0 Å². The van der Waals surface area contributed by atoms with Crippen LogP contribution >= 0.6 is 0 Å². The second-order valence-corrected chi connectivity index (χ2v) is 3.10. The van der Waals surface area contributed by atoms with Gasteiger partial charge in [0, 0.05) is 12.6 Å². The van der Waals surface area contributed by atoms with E-state index in [4.69, 9.17) is 6.42 Å². The second kappa shape index (κ2) is 5.82. The molecule has 1 aromatic rings. The van der Waals surface area contributed by atoms with Crippen molar-refractivity contribution in [3.8, 4) is 12.3 Å². The molecule has 1 rings (SSSR count). The molecule has 0 aromatic carbocycles. The summed E-state index contributed by atoms with van der Waals surface area (Å²) in [4.78, 5) is 15.1. The Balaban J connectivity index is 2.57. The first-order chi connectivity index (χ1) is 7.27. The Hall–Kier alpha value is -1.82. The van der Waals surface area contributed by atoms with E-state index in [0.717, 1.165) is 24.8 Å². The molecule has 0 N–H and O–H groups in total. The molecular weight excluding hydrogens is 190 g/mol. The molecule has 0 aliphatic heterocycles. The van der Waals surface area contributed by atoms with Gasteiger partial charge in [-0.05, 0) is 24.5 Å². The van der Waals surface area contributed by atoms with E-state index in [1.165, 1.54) is 7.11 Å². The lowest BCUT2D eigenvalue weighted by molar-refractivity contribution is 0.0594. The zero-order chi connectivity index (χ0) is 11.1.